The second kappa shape index (κ2) is 11.6. The van der Waals surface area contributed by atoms with Gasteiger partial charge in [0.25, 0.3) is 0 Å². The van der Waals surface area contributed by atoms with E-state index >= 15 is 0 Å². The summed E-state index contributed by atoms with van der Waals surface area (Å²) in [7, 11) is -4.12. The first-order chi connectivity index (χ1) is 18.3. The van der Waals surface area contributed by atoms with Crippen LogP contribution in [0.25, 0.3) is 33.6 Å². The molecule has 0 fully saturated rings. The van der Waals surface area contributed by atoms with Crippen molar-refractivity contribution in [2.75, 3.05) is 5.43 Å². The van der Waals surface area contributed by atoms with Gasteiger partial charge < -0.3 is 5.48 Å². The van der Waals surface area contributed by atoms with Crippen LogP contribution in [0.4, 0.5) is 0 Å². The van der Waals surface area contributed by atoms with Crippen LogP contribution in [0, 0.1) is 0 Å². The van der Waals surface area contributed by atoms with Gasteiger partial charge in [-0.3, -0.25) is 4.79 Å². The summed E-state index contributed by atoms with van der Waals surface area (Å²) in [4.78, 5) is 13.2. The molecule has 1 amide bonds. The maximum atomic E-state index is 13.5. The van der Waals surface area contributed by atoms with Crippen LogP contribution >= 0.6 is 11.6 Å². The van der Waals surface area contributed by atoms with E-state index in [0.29, 0.717) is 0 Å². The SMILES string of the molecule is NS(=O)(=O)c1cc(C(=O)N[n+]2c(-c3ccccc3)cc(-c3ccccc3)cc2-c2ccccc2)ccc1Cl.[OH-]. The number of nitrogens with two attached hydrogens (primary N) is 1. The summed E-state index contributed by atoms with van der Waals surface area (Å²) in [5, 5.41) is 5.25. The number of rotatable bonds is 6. The molecule has 39 heavy (non-hydrogen) atoms. The van der Waals surface area contributed by atoms with Crippen LogP contribution in [-0.2, 0) is 10.0 Å². The molecule has 0 saturated carbocycles. The molecule has 1 aromatic heterocycles. The molecular weight excluding hydrogens is 534 g/mol. The smallest absolute Gasteiger partial charge is 0.305 e. The van der Waals surface area contributed by atoms with E-state index in [0.717, 1.165) is 33.6 Å². The second-order valence-corrected chi connectivity index (χ2v) is 10.5. The van der Waals surface area contributed by atoms with Crippen molar-refractivity contribution in [3.05, 3.63) is 132 Å². The van der Waals surface area contributed by atoms with Crippen LogP contribution in [0.2, 0.25) is 5.02 Å². The Hall–Kier alpha value is -4.34. The van der Waals surface area contributed by atoms with E-state index in [4.69, 9.17) is 16.7 Å². The third-order valence-electron chi connectivity index (χ3n) is 6.03. The number of nitrogens with zero attached hydrogens (tertiary/aromatic N) is 1. The molecule has 0 saturated heterocycles. The zero-order valence-corrected chi connectivity index (χ0v) is 22.1. The van der Waals surface area contributed by atoms with Crippen molar-refractivity contribution in [2.24, 2.45) is 5.14 Å². The zero-order valence-electron chi connectivity index (χ0n) is 20.5. The molecule has 0 radical (unpaired) electrons. The molecule has 9 heteroatoms. The second-order valence-electron chi connectivity index (χ2n) is 8.58. The Labute approximate surface area is 231 Å². The molecule has 1 heterocycles. The van der Waals surface area contributed by atoms with Crippen LogP contribution in [0.3, 0.4) is 0 Å². The number of benzene rings is 4. The largest absolute Gasteiger partial charge is 0.870 e. The first-order valence-electron chi connectivity index (χ1n) is 11.7. The highest BCUT2D eigenvalue weighted by molar-refractivity contribution is 7.89. The topological polar surface area (TPSA) is 123 Å². The molecule has 4 N–H and O–H groups in total. The first kappa shape index (κ1) is 27.7. The Kier molecular flexibility index (Phi) is 8.23. The molecule has 0 bridgehead atoms. The number of aromatic nitrogens is 1. The van der Waals surface area contributed by atoms with Gasteiger partial charge in [0, 0.05) is 28.8 Å². The minimum Gasteiger partial charge on any atom is -0.870 e. The highest BCUT2D eigenvalue weighted by Gasteiger charge is 2.26. The number of pyridine rings is 1. The van der Waals surface area contributed by atoms with Crippen molar-refractivity contribution in [3.63, 3.8) is 0 Å². The number of primary sulfonamides is 1. The number of carbonyl (C=O) groups excluding carboxylic acids is 1. The van der Waals surface area contributed by atoms with Crippen molar-refractivity contribution < 1.29 is 23.4 Å². The van der Waals surface area contributed by atoms with Crippen molar-refractivity contribution in [1.82, 2.24) is 0 Å². The Balaban J connectivity index is 0.00000353. The van der Waals surface area contributed by atoms with Gasteiger partial charge in [0.2, 0.25) is 21.4 Å². The number of carbonyl (C=O) groups is 1. The standard InChI is InChI=1S/C30H22ClN3O3S.H2O/c31-26-17-16-24(20-29(26)38(32,36)37)30(35)33-34-27(22-12-6-2-7-13-22)18-25(21-10-4-1-5-11-21)19-28(34)23-14-8-3-9-15-23;/h1-20H,(H2-,32,33,35,36,37);1H2. The van der Waals surface area contributed by atoms with Gasteiger partial charge in [-0.15, -0.1) is 5.43 Å². The normalized spacial score (nSPS) is 10.9. The highest BCUT2D eigenvalue weighted by Crippen LogP contribution is 2.29. The molecule has 5 aromatic rings. The van der Waals surface area contributed by atoms with Gasteiger partial charge in [-0.05, 0) is 53.6 Å². The molecule has 4 aromatic carbocycles. The lowest BCUT2D eigenvalue weighted by atomic mass is 9.99. The van der Waals surface area contributed by atoms with Crippen molar-refractivity contribution >= 4 is 27.5 Å². The molecule has 0 unspecified atom stereocenters. The summed E-state index contributed by atoms with van der Waals surface area (Å²) in [6, 6.07) is 37.4. The van der Waals surface area contributed by atoms with E-state index in [1.165, 1.54) is 18.2 Å². The van der Waals surface area contributed by atoms with Gasteiger partial charge in [-0.25, -0.2) is 13.6 Å². The Morgan fingerprint density at radius 3 is 1.59 bits per heavy atom. The van der Waals surface area contributed by atoms with Gasteiger partial charge in [-0.1, -0.05) is 83.0 Å². The lowest BCUT2D eigenvalue weighted by Gasteiger charge is -2.13. The minimum absolute atomic E-state index is 0. The van der Waals surface area contributed by atoms with Gasteiger partial charge in [0.15, 0.2) is 0 Å². The summed E-state index contributed by atoms with van der Waals surface area (Å²) in [5.41, 5.74) is 8.28. The third kappa shape index (κ3) is 6.05. The fraction of sp³-hybridized carbons (Fsp3) is 0. The number of hydrogen-bond acceptors (Lipinski definition) is 4. The van der Waals surface area contributed by atoms with E-state index in [1.807, 2.05) is 103 Å². The summed E-state index contributed by atoms with van der Waals surface area (Å²) < 4.78 is 25.7. The molecule has 196 valence electrons. The number of nitrogens with one attached hydrogen (secondary N) is 1. The van der Waals surface area contributed by atoms with Gasteiger partial charge in [0.05, 0.1) is 5.02 Å². The maximum absolute atomic E-state index is 13.5. The Morgan fingerprint density at radius 1 is 0.667 bits per heavy atom. The van der Waals surface area contributed by atoms with E-state index in [-0.39, 0.29) is 21.0 Å². The molecule has 0 atom stereocenters. The number of amides is 1. The summed E-state index contributed by atoms with van der Waals surface area (Å²) in [6.45, 7) is 0. The fourth-order valence-corrected chi connectivity index (χ4v) is 5.26. The third-order valence-corrected chi connectivity index (χ3v) is 7.42. The predicted molar refractivity (Wildman–Crippen MR) is 151 cm³/mol. The van der Waals surface area contributed by atoms with Crippen molar-refractivity contribution in [3.8, 4) is 33.6 Å². The molecule has 5 rings (SSSR count). The average Bonchev–Trinajstić information content (AvgIpc) is 2.94. The lowest BCUT2D eigenvalue weighted by molar-refractivity contribution is -0.618. The van der Waals surface area contributed by atoms with Crippen molar-refractivity contribution in [2.45, 2.75) is 4.90 Å². The lowest BCUT2D eigenvalue weighted by Crippen LogP contribution is -2.51. The highest BCUT2D eigenvalue weighted by atomic mass is 35.5. The monoisotopic (exact) mass is 557 g/mol. The first-order valence-corrected chi connectivity index (χ1v) is 13.6. The van der Waals surface area contributed by atoms with E-state index in [1.54, 1.807) is 4.68 Å². The molecule has 0 aliphatic heterocycles. The van der Waals surface area contributed by atoms with Crippen LogP contribution in [0.1, 0.15) is 10.4 Å². The Bertz CT molecular complexity index is 1670. The molecule has 7 nitrogen and oxygen atoms in total. The molecule has 0 aliphatic carbocycles. The number of halogens is 1. The van der Waals surface area contributed by atoms with Crippen LogP contribution in [0.5, 0.6) is 0 Å². The maximum Gasteiger partial charge on any atom is 0.305 e. The van der Waals surface area contributed by atoms with E-state index in [2.05, 4.69) is 5.43 Å². The number of hydrogen-bond donors (Lipinski definition) is 2. The molecule has 0 aliphatic rings. The van der Waals surface area contributed by atoms with E-state index in [9.17, 15) is 13.2 Å². The van der Waals surface area contributed by atoms with Crippen molar-refractivity contribution in [1.29, 1.82) is 0 Å². The van der Waals surface area contributed by atoms with Gasteiger partial charge in [-0.2, -0.15) is 0 Å². The van der Waals surface area contributed by atoms with Crippen LogP contribution < -0.4 is 15.2 Å². The predicted octanol–water partition coefficient (Wildman–Crippen LogP) is 5.48. The summed E-state index contributed by atoms with van der Waals surface area (Å²) >= 11 is 6.04. The summed E-state index contributed by atoms with van der Waals surface area (Å²) in [5.74, 6) is -0.529. The Morgan fingerprint density at radius 2 is 1.13 bits per heavy atom. The van der Waals surface area contributed by atoms with Crippen LogP contribution in [0.15, 0.2) is 126 Å². The van der Waals surface area contributed by atoms with E-state index < -0.39 is 15.9 Å². The average molecular weight is 558 g/mol. The molecule has 0 spiro atoms. The zero-order chi connectivity index (χ0) is 26.7. The van der Waals surface area contributed by atoms with Gasteiger partial charge in [0.1, 0.15) is 4.90 Å². The number of sulfonamides is 1. The summed E-state index contributed by atoms with van der Waals surface area (Å²) in [6.07, 6.45) is 0. The fourth-order valence-electron chi connectivity index (χ4n) is 4.18. The van der Waals surface area contributed by atoms with Gasteiger partial charge >= 0.3 is 5.91 Å². The minimum atomic E-state index is -4.12. The van der Waals surface area contributed by atoms with Crippen LogP contribution in [-0.4, -0.2) is 19.8 Å². The molecular formula is C30H24ClN3O4S. The quantitative estimate of drug-likeness (QED) is 0.268.